The number of amides is 2. The van der Waals surface area contributed by atoms with Crippen molar-refractivity contribution >= 4 is 62.3 Å². The van der Waals surface area contributed by atoms with Gasteiger partial charge in [-0.25, -0.2) is 8.42 Å². The molecular formula is C22H26Cl3N3O4S. The number of nitrogens with one attached hydrogen (secondary N) is 1. The summed E-state index contributed by atoms with van der Waals surface area (Å²) in [4.78, 5) is 27.4. The van der Waals surface area contributed by atoms with Crippen molar-refractivity contribution in [1.29, 1.82) is 0 Å². The van der Waals surface area contributed by atoms with E-state index in [2.05, 4.69) is 5.32 Å². The van der Waals surface area contributed by atoms with E-state index in [1.165, 1.54) is 23.1 Å². The number of benzene rings is 2. The maximum absolute atomic E-state index is 13.4. The van der Waals surface area contributed by atoms with Crippen LogP contribution in [0.25, 0.3) is 0 Å². The first-order chi connectivity index (χ1) is 15.4. The molecular weight excluding hydrogens is 509 g/mol. The lowest BCUT2D eigenvalue weighted by atomic mass is 10.1. The summed E-state index contributed by atoms with van der Waals surface area (Å²) in [5.74, 6) is -0.936. The Morgan fingerprint density at radius 3 is 2.30 bits per heavy atom. The highest BCUT2D eigenvalue weighted by molar-refractivity contribution is 7.92. The standard InChI is InChI=1S/C22H26Cl3N3O4S/c1-4-10-26-22(30)15(2)27(13-16-8-9-18(24)12-20(16)25)21(29)14-28(33(3,31)32)19-7-5-6-17(23)11-19/h5-9,11-12,15H,4,10,13-14H2,1-3H3,(H,26,30)/t15-/m1/s1. The predicted molar refractivity (Wildman–Crippen MR) is 133 cm³/mol. The minimum atomic E-state index is -3.83. The highest BCUT2D eigenvalue weighted by Gasteiger charge is 2.30. The first-order valence-electron chi connectivity index (χ1n) is 10.2. The van der Waals surface area contributed by atoms with Crippen LogP contribution >= 0.6 is 34.8 Å². The van der Waals surface area contributed by atoms with Crippen LogP contribution in [0.5, 0.6) is 0 Å². The minimum absolute atomic E-state index is 0.0112. The van der Waals surface area contributed by atoms with Gasteiger partial charge in [-0.3, -0.25) is 13.9 Å². The van der Waals surface area contributed by atoms with E-state index >= 15 is 0 Å². The van der Waals surface area contributed by atoms with Crippen molar-refractivity contribution in [1.82, 2.24) is 10.2 Å². The predicted octanol–water partition coefficient (Wildman–Crippen LogP) is 4.36. The van der Waals surface area contributed by atoms with Crippen LogP contribution < -0.4 is 9.62 Å². The molecule has 0 spiro atoms. The van der Waals surface area contributed by atoms with Crippen molar-refractivity contribution in [3.63, 3.8) is 0 Å². The Bertz CT molecular complexity index is 1110. The van der Waals surface area contributed by atoms with Gasteiger partial charge >= 0.3 is 0 Å². The number of halogens is 3. The van der Waals surface area contributed by atoms with E-state index in [0.29, 0.717) is 27.2 Å². The summed E-state index contributed by atoms with van der Waals surface area (Å²) in [5.41, 5.74) is 0.809. The van der Waals surface area contributed by atoms with Crippen LogP contribution in [0.4, 0.5) is 5.69 Å². The van der Waals surface area contributed by atoms with Gasteiger partial charge in [0, 0.05) is 28.2 Å². The molecule has 0 aliphatic carbocycles. The van der Waals surface area contributed by atoms with E-state index in [1.807, 2.05) is 6.92 Å². The Balaban J connectivity index is 2.40. The van der Waals surface area contributed by atoms with Crippen molar-refractivity contribution < 1.29 is 18.0 Å². The van der Waals surface area contributed by atoms with E-state index in [4.69, 9.17) is 34.8 Å². The molecule has 2 rings (SSSR count). The van der Waals surface area contributed by atoms with Crippen molar-refractivity contribution in [3.8, 4) is 0 Å². The maximum atomic E-state index is 13.4. The molecule has 0 aromatic heterocycles. The molecule has 0 aliphatic rings. The normalized spacial score (nSPS) is 12.2. The molecule has 0 fully saturated rings. The zero-order valence-electron chi connectivity index (χ0n) is 18.5. The lowest BCUT2D eigenvalue weighted by Crippen LogP contribution is -2.51. The summed E-state index contributed by atoms with van der Waals surface area (Å²) >= 11 is 18.3. The number of nitrogens with zero attached hydrogens (tertiary/aromatic N) is 2. The Morgan fingerprint density at radius 1 is 1.06 bits per heavy atom. The average molecular weight is 535 g/mol. The van der Waals surface area contributed by atoms with E-state index < -0.39 is 28.5 Å². The largest absolute Gasteiger partial charge is 0.354 e. The van der Waals surface area contributed by atoms with Crippen LogP contribution in [-0.2, 0) is 26.2 Å². The van der Waals surface area contributed by atoms with E-state index in [1.54, 1.807) is 31.2 Å². The summed E-state index contributed by atoms with van der Waals surface area (Å²) in [7, 11) is -3.83. The number of hydrogen-bond donors (Lipinski definition) is 1. The molecule has 0 heterocycles. The first kappa shape index (κ1) is 27.2. The molecule has 2 amide bonds. The topological polar surface area (TPSA) is 86.8 Å². The number of carbonyl (C=O) groups is 2. The van der Waals surface area contributed by atoms with Gasteiger partial charge in [0.05, 0.1) is 11.9 Å². The number of sulfonamides is 1. The molecule has 7 nitrogen and oxygen atoms in total. The second kappa shape index (κ2) is 11.9. The van der Waals surface area contributed by atoms with Gasteiger partial charge in [0.1, 0.15) is 12.6 Å². The minimum Gasteiger partial charge on any atom is -0.354 e. The Morgan fingerprint density at radius 2 is 1.73 bits per heavy atom. The third-order valence-corrected chi connectivity index (χ3v) is 6.81. The monoisotopic (exact) mass is 533 g/mol. The Hall–Kier alpha value is -2.00. The van der Waals surface area contributed by atoms with Gasteiger partial charge in [-0.1, -0.05) is 53.9 Å². The summed E-state index contributed by atoms with van der Waals surface area (Å²) in [6, 6.07) is 10.1. The average Bonchev–Trinajstić information content (AvgIpc) is 2.73. The fourth-order valence-corrected chi connectivity index (χ4v) is 4.55. The number of anilines is 1. The molecule has 180 valence electrons. The number of hydrogen-bond acceptors (Lipinski definition) is 4. The van der Waals surface area contributed by atoms with Crippen molar-refractivity contribution in [3.05, 3.63) is 63.1 Å². The van der Waals surface area contributed by atoms with Gasteiger partial charge in [0.25, 0.3) is 0 Å². The van der Waals surface area contributed by atoms with E-state index in [9.17, 15) is 18.0 Å². The second-order valence-electron chi connectivity index (χ2n) is 7.47. The van der Waals surface area contributed by atoms with Crippen LogP contribution in [-0.4, -0.2) is 50.5 Å². The summed E-state index contributed by atoms with van der Waals surface area (Å²) < 4.78 is 25.9. The molecule has 11 heteroatoms. The lowest BCUT2D eigenvalue weighted by molar-refractivity contribution is -0.139. The molecule has 0 bridgehead atoms. The van der Waals surface area contributed by atoms with Crippen LogP contribution in [0.2, 0.25) is 15.1 Å². The van der Waals surface area contributed by atoms with Gasteiger partial charge in [0.15, 0.2) is 0 Å². The Kier molecular flexibility index (Phi) is 9.84. The third kappa shape index (κ3) is 7.78. The fraction of sp³-hybridized carbons (Fsp3) is 0.364. The zero-order valence-corrected chi connectivity index (χ0v) is 21.6. The van der Waals surface area contributed by atoms with Crippen LogP contribution in [0.3, 0.4) is 0 Å². The molecule has 1 atom stereocenters. The third-order valence-electron chi connectivity index (χ3n) is 4.85. The maximum Gasteiger partial charge on any atom is 0.244 e. The van der Waals surface area contributed by atoms with Gasteiger partial charge in [-0.2, -0.15) is 0 Å². The molecule has 0 unspecified atom stereocenters. The Labute approximate surface area is 209 Å². The zero-order chi connectivity index (χ0) is 24.8. The first-order valence-corrected chi connectivity index (χ1v) is 13.2. The van der Waals surface area contributed by atoms with Crippen LogP contribution in [0, 0.1) is 0 Å². The van der Waals surface area contributed by atoms with Crippen LogP contribution in [0.15, 0.2) is 42.5 Å². The van der Waals surface area contributed by atoms with Gasteiger partial charge in [-0.15, -0.1) is 0 Å². The molecule has 2 aromatic rings. The number of carbonyl (C=O) groups excluding carboxylic acids is 2. The molecule has 0 radical (unpaired) electrons. The van der Waals surface area contributed by atoms with Crippen molar-refractivity contribution in [2.24, 2.45) is 0 Å². The van der Waals surface area contributed by atoms with Gasteiger partial charge < -0.3 is 10.2 Å². The molecule has 0 saturated heterocycles. The molecule has 0 saturated carbocycles. The number of rotatable bonds is 10. The highest BCUT2D eigenvalue weighted by atomic mass is 35.5. The van der Waals surface area contributed by atoms with E-state index in [0.717, 1.165) is 17.0 Å². The second-order valence-corrected chi connectivity index (χ2v) is 10.7. The molecule has 33 heavy (non-hydrogen) atoms. The fourth-order valence-electron chi connectivity index (χ4n) is 3.06. The highest BCUT2D eigenvalue weighted by Crippen LogP contribution is 2.25. The summed E-state index contributed by atoms with van der Waals surface area (Å²) in [6.45, 7) is 3.41. The van der Waals surface area contributed by atoms with Crippen LogP contribution in [0.1, 0.15) is 25.8 Å². The lowest BCUT2D eigenvalue weighted by Gasteiger charge is -2.31. The quantitative estimate of drug-likeness (QED) is 0.491. The van der Waals surface area contributed by atoms with Crippen molar-refractivity contribution in [2.75, 3.05) is 23.7 Å². The SMILES string of the molecule is CCCNC(=O)[C@@H](C)N(Cc1ccc(Cl)cc1Cl)C(=O)CN(c1cccc(Cl)c1)S(C)(=O)=O. The smallest absolute Gasteiger partial charge is 0.244 e. The molecule has 1 N–H and O–H groups in total. The van der Waals surface area contributed by atoms with E-state index in [-0.39, 0.29) is 18.1 Å². The molecule has 0 aliphatic heterocycles. The van der Waals surface area contributed by atoms with Crippen molar-refractivity contribution in [2.45, 2.75) is 32.9 Å². The summed E-state index contributed by atoms with van der Waals surface area (Å²) in [6.07, 6.45) is 1.73. The van der Waals surface area contributed by atoms with Gasteiger partial charge in [-0.05, 0) is 49.2 Å². The van der Waals surface area contributed by atoms with Gasteiger partial charge in [0.2, 0.25) is 21.8 Å². The summed E-state index contributed by atoms with van der Waals surface area (Å²) in [5, 5.41) is 3.85. The molecule has 2 aromatic carbocycles.